The molecule has 0 saturated heterocycles. The molecule has 4 heteroatoms. The van der Waals surface area contributed by atoms with Crippen LogP contribution in [0.3, 0.4) is 0 Å². The Balaban J connectivity index is 4.09. The summed E-state index contributed by atoms with van der Waals surface area (Å²) in [7, 11) is 0. The summed E-state index contributed by atoms with van der Waals surface area (Å²) in [5, 5.41) is 17.0. The van der Waals surface area contributed by atoms with E-state index in [4.69, 9.17) is 16.6 Å². The third-order valence-electron chi connectivity index (χ3n) is 1.86. The Morgan fingerprint density at radius 1 is 1.46 bits per heavy atom. The normalized spacial score (nSPS) is 14.2. The average Bonchev–Trinajstić information content (AvgIpc) is 2.03. The van der Waals surface area contributed by atoms with Crippen molar-refractivity contribution < 1.29 is 19.8 Å². The van der Waals surface area contributed by atoms with E-state index in [1.807, 2.05) is 0 Å². The molecule has 0 amide bonds. The van der Waals surface area contributed by atoms with Crippen molar-refractivity contribution in [2.24, 2.45) is 5.41 Å². The minimum absolute atomic E-state index is 0.0510. The summed E-state index contributed by atoms with van der Waals surface area (Å²) in [5.74, 6) is 0.136. The molecule has 13 heavy (non-hydrogen) atoms. The quantitative estimate of drug-likeness (QED) is 0.624. The van der Waals surface area contributed by atoms with Gasteiger partial charge in [0.15, 0.2) is 0 Å². The van der Waals surface area contributed by atoms with Gasteiger partial charge in [0.05, 0.1) is 0 Å². The maximum Gasteiger partial charge on any atom is 0.321 e. The second-order valence-corrected chi connectivity index (χ2v) is 3.03. The predicted molar refractivity (Wildman–Crippen MR) is 46.1 cm³/mol. The molecule has 2 N–H and O–H groups in total. The van der Waals surface area contributed by atoms with Gasteiger partial charge in [0, 0.05) is 6.42 Å². The minimum atomic E-state index is -1.24. The van der Waals surface area contributed by atoms with Gasteiger partial charge in [0.1, 0.15) is 5.41 Å². The van der Waals surface area contributed by atoms with Crippen molar-refractivity contribution in [2.45, 2.75) is 26.2 Å². The highest BCUT2D eigenvalue weighted by molar-refractivity contribution is 5.78. The average molecular weight is 184 g/mol. The molecule has 0 aliphatic rings. The molecule has 0 radical (unpaired) electrons. The van der Waals surface area contributed by atoms with Crippen LogP contribution >= 0.6 is 0 Å². The van der Waals surface area contributed by atoms with E-state index in [0.717, 1.165) is 0 Å². The largest absolute Gasteiger partial charge is 0.481 e. The molecular formula is C9H12O4. The van der Waals surface area contributed by atoms with Crippen LogP contribution in [0.25, 0.3) is 0 Å². The monoisotopic (exact) mass is 184 g/mol. The van der Waals surface area contributed by atoms with Crippen molar-refractivity contribution in [2.75, 3.05) is 0 Å². The highest BCUT2D eigenvalue weighted by atomic mass is 16.4. The van der Waals surface area contributed by atoms with Gasteiger partial charge >= 0.3 is 11.9 Å². The lowest BCUT2D eigenvalue weighted by Crippen LogP contribution is -2.25. The van der Waals surface area contributed by atoms with E-state index >= 15 is 0 Å². The smallest absolute Gasteiger partial charge is 0.321 e. The predicted octanol–water partition coefficient (Wildman–Crippen LogP) is 0.965. The minimum Gasteiger partial charge on any atom is -0.481 e. The number of hydrogen-bond donors (Lipinski definition) is 2. The topological polar surface area (TPSA) is 74.6 Å². The van der Waals surface area contributed by atoms with Crippen molar-refractivity contribution in [3.63, 3.8) is 0 Å². The van der Waals surface area contributed by atoms with Gasteiger partial charge in [-0.3, -0.25) is 9.59 Å². The lowest BCUT2D eigenvalue weighted by Gasteiger charge is -2.16. The second-order valence-electron chi connectivity index (χ2n) is 3.03. The maximum absolute atomic E-state index is 10.6. The van der Waals surface area contributed by atoms with E-state index in [1.165, 1.54) is 6.92 Å². The fourth-order valence-electron chi connectivity index (χ4n) is 0.834. The first-order valence-electron chi connectivity index (χ1n) is 3.85. The molecule has 0 aromatic carbocycles. The highest BCUT2D eigenvalue weighted by Gasteiger charge is 2.30. The number of carbonyl (C=O) groups is 2. The summed E-state index contributed by atoms with van der Waals surface area (Å²) in [5.41, 5.74) is -1.24. The lowest BCUT2D eigenvalue weighted by atomic mass is 9.86. The number of aliphatic carboxylic acids is 2. The van der Waals surface area contributed by atoms with Gasteiger partial charge in [-0.25, -0.2) is 0 Å². The third-order valence-corrected chi connectivity index (χ3v) is 1.86. The van der Waals surface area contributed by atoms with Crippen molar-refractivity contribution in [1.29, 1.82) is 0 Å². The molecule has 0 aromatic heterocycles. The maximum atomic E-state index is 10.6. The number of terminal acetylenes is 1. The van der Waals surface area contributed by atoms with E-state index < -0.39 is 17.4 Å². The molecule has 4 nitrogen and oxygen atoms in total. The number of rotatable bonds is 5. The molecule has 72 valence electrons. The van der Waals surface area contributed by atoms with Gasteiger partial charge in [-0.15, -0.1) is 6.42 Å². The van der Waals surface area contributed by atoms with Gasteiger partial charge < -0.3 is 10.2 Å². The fraction of sp³-hybridized carbons (Fsp3) is 0.556. The Hall–Kier alpha value is -1.50. The van der Waals surface area contributed by atoms with Gasteiger partial charge in [0.2, 0.25) is 0 Å². The lowest BCUT2D eigenvalue weighted by molar-refractivity contribution is -0.145. The van der Waals surface area contributed by atoms with Crippen LogP contribution in [0.2, 0.25) is 0 Å². The summed E-state index contributed by atoms with van der Waals surface area (Å²) >= 11 is 0. The molecule has 0 fully saturated rings. The van der Waals surface area contributed by atoms with Crippen LogP contribution in [0.15, 0.2) is 0 Å². The Labute approximate surface area is 76.6 Å². The Morgan fingerprint density at radius 2 is 2.00 bits per heavy atom. The van der Waals surface area contributed by atoms with E-state index in [1.54, 1.807) is 0 Å². The first-order valence-corrected chi connectivity index (χ1v) is 3.85. The van der Waals surface area contributed by atoms with Crippen LogP contribution in [0.1, 0.15) is 26.2 Å². The van der Waals surface area contributed by atoms with Crippen LogP contribution in [0.4, 0.5) is 0 Å². The summed E-state index contributed by atoms with van der Waals surface area (Å²) in [6.07, 6.45) is 5.46. The zero-order chi connectivity index (χ0) is 10.5. The standard InChI is InChI=1S/C9H12O4/c1-3-9(2,8(12)13)6-4-5-7(10)11/h1H,4-6H2,2H3,(H,10,11)(H,12,13). The molecule has 0 aromatic rings. The second kappa shape index (κ2) is 4.51. The SMILES string of the molecule is C#CC(C)(CCCC(=O)O)C(=O)O. The molecule has 1 unspecified atom stereocenters. The summed E-state index contributed by atoms with van der Waals surface area (Å²) < 4.78 is 0. The number of carboxylic acid groups (broad SMARTS) is 2. The molecule has 0 heterocycles. The third kappa shape index (κ3) is 3.61. The van der Waals surface area contributed by atoms with Gasteiger partial charge in [-0.2, -0.15) is 0 Å². The zero-order valence-electron chi connectivity index (χ0n) is 7.41. The van der Waals surface area contributed by atoms with E-state index in [9.17, 15) is 9.59 Å². The first-order chi connectivity index (χ1) is 5.92. The Bertz CT molecular complexity index is 251. The van der Waals surface area contributed by atoms with Crippen LogP contribution in [0, 0.1) is 17.8 Å². The molecule has 1 atom stereocenters. The van der Waals surface area contributed by atoms with Crippen LogP contribution in [-0.2, 0) is 9.59 Å². The van der Waals surface area contributed by atoms with E-state index in [0.29, 0.717) is 0 Å². The van der Waals surface area contributed by atoms with Crippen molar-refractivity contribution in [1.82, 2.24) is 0 Å². The highest BCUT2D eigenvalue weighted by Crippen LogP contribution is 2.23. The number of hydrogen-bond acceptors (Lipinski definition) is 2. The van der Waals surface area contributed by atoms with Crippen molar-refractivity contribution >= 4 is 11.9 Å². The summed E-state index contributed by atoms with van der Waals surface area (Å²) in [6.45, 7) is 1.41. The molecule has 0 bridgehead atoms. The molecular weight excluding hydrogens is 172 g/mol. The van der Waals surface area contributed by atoms with Crippen molar-refractivity contribution in [3.8, 4) is 12.3 Å². The van der Waals surface area contributed by atoms with Gasteiger partial charge in [-0.05, 0) is 19.8 Å². The summed E-state index contributed by atoms with van der Waals surface area (Å²) in [4.78, 5) is 20.8. The first kappa shape index (κ1) is 11.5. The Morgan fingerprint density at radius 3 is 2.31 bits per heavy atom. The van der Waals surface area contributed by atoms with E-state index in [-0.39, 0.29) is 19.3 Å². The molecule has 0 saturated carbocycles. The van der Waals surface area contributed by atoms with Crippen LogP contribution in [-0.4, -0.2) is 22.2 Å². The molecule has 0 aliphatic heterocycles. The zero-order valence-corrected chi connectivity index (χ0v) is 7.41. The van der Waals surface area contributed by atoms with Gasteiger partial charge in [-0.1, -0.05) is 5.92 Å². The molecule has 0 spiro atoms. The Kier molecular flexibility index (Phi) is 3.99. The van der Waals surface area contributed by atoms with E-state index in [2.05, 4.69) is 5.92 Å². The summed E-state index contributed by atoms with van der Waals surface area (Å²) in [6, 6.07) is 0. The fourth-order valence-corrected chi connectivity index (χ4v) is 0.834. The number of carboxylic acids is 2. The molecule has 0 rings (SSSR count). The van der Waals surface area contributed by atoms with Gasteiger partial charge in [0.25, 0.3) is 0 Å². The van der Waals surface area contributed by atoms with Crippen molar-refractivity contribution in [3.05, 3.63) is 0 Å². The molecule has 0 aliphatic carbocycles. The van der Waals surface area contributed by atoms with Crippen LogP contribution < -0.4 is 0 Å². The van der Waals surface area contributed by atoms with Crippen LogP contribution in [0.5, 0.6) is 0 Å².